The van der Waals surface area contributed by atoms with Crippen molar-refractivity contribution in [3.05, 3.63) is 29.8 Å². The number of methoxy groups -OCH3 is 1. The van der Waals surface area contributed by atoms with Gasteiger partial charge in [-0.3, -0.25) is 4.79 Å². The van der Waals surface area contributed by atoms with Gasteiger partial charge in [0, 0.05) is 5.56 Å². The Bertz CT molecular complexity index is 349. The van der Waals surface area contributed by atoms with Gasteiger partial charge in [0.1, 0.15) is 5.75 Å². The van der Waals surface area contributed by atoms with Crippen LogP contribution >= 0.6 is 0 Å². The highest BCUT2D eigenvalue weighted by Crippen LogP contribution is 2.26. The van der Waals surface area contributed by atoms with Crippen LogP contribution in [0.5, 0.6) is 5.75 Å². The molecule has 0 unspecified atom stereocenters. The molecule has 0 saturated heterocycles. The SMILES string of the molecule is CCOC(=O)C[C@H](O)c1ccccc1OC. The van der Waals surface area contributed by atoms with Crippen LogP contribution in [0, 0.1) is 0 Å². The van der Waals surface area contributed by atoms with Crippen molar-refractivity contribution in [3.63, 3.8) is 0 Å². The van der Waals surface area contributed by atoms with E-state index in [0.29, 0.717) is 17.9 Å². The molecule has 1 rings (SSSR count). The van der Waals surface area contributed by atoms with Crippen LogP contribution in [0.3, 0.4) is 0 Å². The summed E-state index contributed by atoms with van der Waals surface area (Å²) >= 11 is 0. The van der Waals surface area contributed by atoms with Crippen molar-refractivity contribution in [2.45, 2.75) is 19.4 Å². The van der Waals surface area contributed by atoms with Gasteiger partial charge in [0.15, 0.2) is 0 Å². The number of carbonyl (C=O) groups is 1. The maximum absolute atomic E-state index is 11.2. The van der Waals surface area contributed by atoms with Gasteiger partial charge in [-0.25, -0.2) is 0 Å². The second kappa shape index (κ2) is 6.12. The summed E-state index contributed by atoms with van der Waals surface area (Å²) in [6.07, 6.45) is -0.955. The first kappa shape index (κ1) is 12.5. The average Bonchev–Trinajstić information content (AvgIpc) is 2.29. The molecule has 0 heterocycles. The third-order valence-electron chi connectivity index (χ3n) is 2.16. The normalized spacial score (nSPS) is 11.9. The summed E-state index contributed by atoms with van der Waals surface area (Å²) in [5.74, 6) is 0.153. The fraction of sp³-hybridized carbons (Fsp3) is 0.417. The highest BCUT2D eigenvalue weighted by atomic mass is 16.5. The molecule has 0 radical (unpaired) electrons. The fourth-order valence-corrected chi connectivity index (χ4v) is 1.43. The lowest BCUT2D eigenvalue weighted by molar-refractivity contribution is -0.145. The Morgan fingerprint density at radius 2 is 2.12 bits per heavy atom. The number of benzene rings is 1. The molecule has 16 heavy (non-hydrogen) atoms. The first-order chi connectivity index (χ1) is 7.69. The number of aliphatic hydroxyl groups is 1. The van der Waals surface area contributed by atoms with Gasteiger partial charge in [0.25, 0.3) is 0 Å². The zero-order valence-electron chi connectivity index (χ0n) is 9.47. The smallest absolute Gasteiger partial charge is 0.308 e. The Hall–Kier alpha value is -1.55. The van der Waals surface area contributed by atoms with Crippen molar-refractivity contribution >= 4 is 5.97 Å². The third kappa shape index (κ3) is 3.24. The van der Waals surface area contributed by atoms with Gasteiger partial charge in [-0.05, 0) is 13.0 Å². The Morgan fingerprint density at radius 1 is 1.44 bits per heavy atom. The van der Waals surface area contributed by atoms with Crippen LogP contribution in [-0.2, 0) is 9.53 Å². The molecule has 0 spiro atoms. The second-order valence-electron chi connectivity index (χ2n) is 3.27. The summed E-state index contributed by atoms with van der Waals surface area (Å²) in [6.45, 7) is 2.05. The first-order valence-corrected chi connectivity index (χ1v) is 5.15. The summed E-state index contributed by atoms with van der Waals surface area (Å²) in [5.41, 5.74) is 0.595. The van der Waals surface area contributed by atoms with E-state index in [0.717, 1.165) is 0 Å². The maximum Gasteiger partial charge on any atom is 0.308 e. The molecular formula is C12H16O4. The summed E-state index contributed by atoms with van der Waals surface area (Å²) in [6, 6.07) is 7.05. The van der Waals surface area contributed by atoms with E-state index in [4.69, 9.17) is 9.47 Å². The number of hydrogen-bond acceptors (Lipinski definition) is 4. The zero-order chi connectivity index (χ0) is 12.0. The summed E-state index contributed by atoms with van der Waals surface area (Å²) in [4.78, 5) is 11.2. The Morgan fingerprint density at radius 3 is 2.75 bits per heavy atom. The van der Waals surface area contributed by atoms with Crippen LogP contribution < -0.4 is 4.74 Å². The van der Waals surface area contributed by atoms with Gasteiger partial charge in [0.05, 0.1) is 26.2 Å². The molecule has 1 aromatic rings. The van der Waals surface area contributed by atoms with E-state index in [2.05, 4.69) is 0 Å². The van der Waals surface area contributed by atoms with Crippen LogP contribution in [0.15, 0.2) is 24.3 Å². The first-order valence-electron chi connectivity index (χ1n) is 5.15. The molecule has 0 aromatic heterocycles. The molecule has 0 fully saturated rings. The van der Waals surface area contributed by atoms with E-state index in [-0.39, 0.29) is 6.42 Å². The standard InChI is InChI=1S/C12H16O4/c1-3-16-12(14)8-10(13)9-6-4-5-7-11(9)15-2/h4-7,10,13H,3,8H2,1-2H3/t10-/m0/s1. The Balaban J connectivity index is 2.72. The number of esters is 1. The zero-order valence-corrected chi connectivity index (χ0v) is 9.47. The molecular weight excluding hydrogens is 208 g/mol. The average molecular weight is 224 g/mol. The van der Waals surface area contributed by atoms with Crippen LogP contribution in [0.2, 0.25) is 0 Å². The highest BCUT2D eigenvalue weighted by Gasteiger charge is 2.17. The minimum Gasteiger partial charge on any atom is -0.496 e. The Labute approximate surface area is 94.8 Å². The van der Waals surface area contributed by atoms with Crippen molar-refractivity contribution in [3.8, 4) is 5.75 Å². The second-order valence-corrected chi connectivity index (χ2v) is 3.27. The van der Waals surface area contributed by atoms with Gasteiger partial charge in [-0.2, -0.15) is 0 Å². The molecule has 0 aliphatic carbocycles. The highest BCUT2D eigenvalue weighted by molar-refractivity contribution is 5.70. The summed E-state index contributed by atoms with van der Waals surface area (Å²) in [5, 5.41) is 9.85. The lowest BCUT2D eigenvalue weighted by Crippen LogP contribution is -2.10. The van der Waals surface area contributed by atoms with Crippen LogP contribution in [0.4, 0.5) is 0 Å². The van der Waals surface area contributed by atoms with Crippen molar-refractivity contribution < 1.29 is 19.4 Å². The molecule has 4 heteroatoms. The van der Waals surface area contributed by atoms with E-state index < -0.39 is 12.1 Å². The van der Waals surface area contributed by atoms with Crippen molar-refractivity contribution in [2.24, 2.45) is 0 Å². The molecule has 0 saturated carbocycles. The fourth-order valence-electron chi connectivity index (χ4n) is 1.43. The predicted molar refractivity (Wildman–Crippen MR) is 59.2 cm³/mol. The van der Waals surface area contributed by atoms with Gasteiger partial charge < -0.3 is 14.6 Å². The Kier molecular flexibility index (Phi) is 4.79. The van der Waals surface area contributed by atoms with E-state index in [9.17, 15) is 9.90 Å². The lowest BCUT2D eigenvalue weighted by Gasteiger charge is -2.13. The predicted octanol–water partition coefficient (Wildman–Crippen LogP) is 1.68. The number of para-hydroxylation sites is 1. The molecule has 0 aliphatic heterocycles. The molecule has 0 bridgehead atoms. The molecule has 1 atom stereocenters. The molecule has 88 valence electrons. The van der Waals surface area contributed by atoms with Crippen molar-refractivity contribution in [2.75, 3.05) is 13.7 Å². The molecule has 4 nitrogen and oxygen atoms in total. The van der Waals surface area contributed by atoms with Crippen LogP contribution in [-0.4, -0.2) is 24.8 Å². The van der Waals surface area contributed by atoms with Gasteiger partial charge in [-0.15, -0.1) is 0 Å². The minimum absolute atomic E-state index is 0.0613. The van der Waals surface area contributed by atoms with Crippen molar-refractivity contribution in [1.29, 1.82) is 0 Å². The summed E-state index contributed by atoms with van der Waals surface area (Å²) in [7, 11) is 1.52. The third-order valence-corrected chi connectivity index (χ3v) is 2.16. The molecule has 1 N–H and O–H groups in total. The van der Waals surface area contributed by atoms with E-state index in [1.165, 1.54) is 7.11 Å². The topological polar surface area (TPSA) is 55.8 Å². The largest absolute Gasteiger partial charge is 0.496 e. The summed E-state index contributed by atoms with van der Waals surface area (Å²) < 4.78 is 9.86. The molecule has 0 aliphatic rings. The van der Waals surface area contributed by atoms with Crippen LogP contribution in [0.1, 0.15) is 25.0 Å². The van der Waals surface area contributed by atoms with Gasteiger partial charge in [0.2, 0.25) is 0 Å². The monoisotopic (exact) mass is 224 g/mol. The molecule has 1 aromatic carbocycles. The maximum atomic E-state index is 11.2. The number of rotatable bonds is 5. The van der Waals surface area contributed by atoms with Crippen LogP contribution in [0.25, 0.3) is 0 Å². The van der Waals surface area contributed by atoms with Gasteiger partial charge in [-0.1, -0.05) is 18.2 Å². The number of hydrogen-bond donors (Lipinski definition) is 1. The lowest BCUT2D eigenvalue weighted by atomic mass is 10.1. The van der Waals surface area contributed by atoms with E-state index >= 15 is 0 Å². The minimum atomic E-state index is -0.893. The number of carbonyl (C=O) groups excluding carboxylic acids is 1. The van der Waals surface area contributed by atoms with Gasteiger partial charge >= 0.3 is 5.97 Å². The van der Waals surface area contributed by atoms with E-state index in [1.807, 2.05) is 0 Å². The number of ether oxygens (including phenoxy) is 2. The molecule has 0 amide bonds. The van der Waals surface area contributed by atoms with Crippen molar-refractivity contribution in [1.82, 2.24) is 0 Å². The quantitative estimate of drug-likeness (QED) is 0.773. The number of aliphatic hydroxyl groups excluding tert-OH is 1. The van der Waals surface area contributed by atoms with E-state index in [1.54, 1.807) is 31.2 Å².